The van der Waals surface area contributed by atoms with Gasteiger partial charge < -0.3 is 4.74 Å². The van der Waals surface area contributed by atoms with E-state index in [1.54, 1.807) is 11.1 Å². The third kappa shape index (κ3) is 5.02. The molecule has 0 N–H and O–H groups in total. The zero-order valence-electron chi connectivity index (χ0n) is 24.4. The Balaban J connectivity index is 1.18. The molecule has 3 aliphatic rings. The van der Waals surface area contributed by atoms with Crippen molar-refractivity contribution in [3.05, 3.63) is 161 Å². The first-order valence-electron chi connectivity index (χ1n) is 15.7. The quantitative estimate of drug-likeness (QED) is 0.183. The van der Waals surface area contributed by atoms with Crippen molar-refractivity contribution in [2.45, 2.75) is 50.0 Å². The van der Waals surface area contributed by atoms with Crippen LogP contribution in [0.5, 0.6) is 0 Å². The molecular formula is C40H36NOP. The summed E-state index contributed by atoms with van der Waals surface area (Å²) in [6.07, 6.45) is 5.62. The van der Waals surface area contributed by atoms with Crippen molar-refractivity contribution in [3.63, 3.8) is 0 Å². The molecule has 43 heavy (non-hydrogen) atoms. The number of aliphatic imine (C=N–C) groups is 1. The van der Waals surface area contributed by atoms with Crippen LogP contribution in [0.1, 0.15) is 58.1 Å². The fraction of sp³-hybridized carbons (Fsp3) is 0.225. The molecule has 5 aromatic rings. The van der Waals surface area contributed by atoms with Gasteiger partial charge in [-0.1, -0.05) is 121 Å². The Kier molecular flexibility index (Phi) is 7.17. The highest BCUT2D eigenvalue weighted by Gasteiger charge is 2.40. The van der Waals surface area contributed by atoms with Crippen molar-refractivity contribution < 1.29 is 4.74 Å². The van der Waals surface area contributed by atoms with Gasteiger partial charge in [-0.3, -0.25) is 0 Å². The molecule has 0 saturated heterocycles. The molecule has 0 fully saturated rings. The Labute approximate surface area is 256 Å². The fourth-order valence-corrected chi connectivity index (χ4v) is 10.3. The van der Waals surface area contributed by atoms with E-state index in [1.807, 2.05) is 0 Å². The van der Waals surface area contributed by atoms with Gasteiger partial charge >= 0.3 is 0 Å². The summed E-state index contributed by atoms with van der Waals surface area (Å²) in [7, 11) is -0.652. The second-order valence-electron chi connectivity index (χ2n) is 12.1. The maximum atomic E-state index is 6.36. The van der Waals surface area contributed by atoms with Gasteiger partial charge in [0.15, 0.2) is 0 Å². The van der Waals surface area contributed by atoms with Crippen LogP contribution in [0.4, 0.5) is 0 Å². The van der Waals surface area contributed by atoms with Crippen molar-refractivity contribution in [2.24, 2.45) is 4.99 Å². The SMILES string of the molecule is c1ccc(C[C@H]2COC(c3cccc4c3C([C@@H]3CCc5cccc(P(c6ccccc6)c6ccccc6)c53)CC4)=N2)cc1. The lowest BCUT2D eigenvalue weighted by Gasteiger charge is -2.28. The number of rotatable bonds is 7. The van der Waals surface area contributed by atoms with Gasteiger partial charge in [0.2, 0.25) is 5.90 Å². The fourth-order valence-electron chi connectivity index (χ4n) is 7.75. The summed E-state index contributed by atoms with van der Waals surface area (Å²) >= 11 is 0. The van der Waals surface area contributed by atoms with Crippen molar-refractivity contribution in [3.8, 4) is 0 Å². The van der Waals surface area contributed by atoms with Gasteiger partial charge in [0.05, 0.1) is 6.04 Å². The monoisotopic (exact) mass is 577 g/mol. The number of aryl methyl sites for hydroxylation is 2. The molecule has 0 radical (unpaired) electrons. The third-order valence-corrected chi connectivity index (χ3v) is 12.1. The summed E-state index contributed by atoms with van der Waals surface area (Å²) in [5, 5.41) is 4.39. The zero-order chi connectivity index (χ0) is 28.6. The number of hydrogen-bond acceptors (Lipinski definition) is 2. The molecule has 212 valence electrons. The lowest BCUT2D eigenvalue weighted by atomic mass is 9.81. The largest absolute Gasteiger partial charge is 0.475 e. The van der Waals surface area contributed by atoms with Crippen LogP contribution in [0.25, 0.3) is 0 Å². The maximum absolute atomic E-state index is 6.36. The molecule has 8 rings (SSSR count). The Morgan fingerprint density at radius 3 is 1.86 bits per heavy atom. The summed E-state index contributed by atoms with van der Waals surface area (Å²) in [5.41, 5.74) is 8.70. The Hall–Kier alpha value is -4.00. The van der Waals surface area contributed by atoms with Crippen LogP contribution < -0.4 is 15.9 Å². The molecule has 0 bridgehead atoms. The minimum atomic E-state index is -0.652. The first-order valence-corrected chi connectivity index (χ1v) is 17.1. The van der Waals surface area contributed by atoms with Crippen LogP contribution in [0, 0.1) is 0 Å². The van der Waals surface area contributed by atoms with Gasteiger partial charge in [-0.15, -0.1) is 0 Å². The first kappa shape index (κ1) is 26.6. The highest BCUT2D eigenvalue weighted by Crippen LogP contribution is 2.52. The van der Waals surface area contributed by atoms with Crippen molar-refractivity contribution in [2.75, 3.05) is 6.61 Å². The molecule has 0 aromatic heterocycles. The lowest BCUT2D eigenvalue weighted by Crippen LogP contribution is -2.25. The number of ether oxygens (including phenoxy) is 1. The van der Waals surface area contributed by atoms with Gasteiger partial charge in [-0.05, 0) is 102 Å². The van der Waals surface area contributed by atoms with E-state index >= 15 is 0 Å². The summed E-state index contributed by atoms with van der Waals surface area (Å²) in [6, 6.07) is 47.2. The lowest BCUT2D eigenvalue weighted by molar-refractivity contribution is 0.316. The van der Waals surface area contributed by atoms with Crippen molar-refractivity contribution in [1.82, 2.24) is 0 Å². The molecule has 3 heteroatoms. The van der Waals surface area contributed by atoms with Gasteiger partial charge in [0.25, 0.3) is 0 Å². The summed E-state index contributed by atoms with van der Waals surface area (Å²) in [6.45, 7) is 0.660. The van der Waals surface area contributed by atoms with Crippen LogP contribution in [0.15, 0.2) is 132 Å². The Bertz CT molecular complexity index is 1730. The van der Waals surface area contributed by atoms with Gasteiger partial charge in [0, 0.05) is 5.56 Å². The van der Waals surface area contributed by atoms with Crippen LogP contribution in [-0.2, 0) is 24.0 Å². The van der Waals surface area contributed by atoms with E-state index in [0.29, 0.717) is 18.4 Å². The predicted molar refractivity (Wildman–Crippen MR) is 180 cm³/mol. The first-order chi connectivity index (χ1) is 21.3. The molecule has 0 amide bonds. The Morgan fingerprint density at radius 1 is 0.605 bits per heavy atom. The van der Waals surface area contributed by atoms with E-state index in [0.717, 1.165) is 25.2 Å². The minimum absolute atomic E-state index is 0.173. The van der Waals surface area contributed by atoms with Crippen LogP contribution in [0.2, 0.25) is 0 Å². The van der Waals surface area contributed by atoms with Crippen molar-refractivity contribution >= 4 is 29.7 Å². The molecule has 0 saturated carbocycles. The van der Waals surface area contributed by atoms with E-state index in [-0.39, 0.29) is 6.04 Å². The normalized spacial score (nSPS) is 20.5. The second kappa shape index (κ2) is 11.6. The molecule has 1 unspecified atom stereocenters. The number of benzene rings is 5. The van der Waals surface area contributed by atoms with Gasteiger partial charge in [0.1, 0.15) is 6.61 Å². The number of nitrogens with zero attached hydrogens (tertiary/aromatic N) is 1. The van der Waals surface area contributed by atoms with E-state index in [1.165, 1.54) is 51.0 Å². The highest BCUT2D eigenvalue weighted by molar-refractivity contribution is 7.79. The van der Waals surface area contributed by atoms with Crippen molar-refractivity contribution in [1.29, 1.82) is 0 Å². The molecule has 0 spiro atoms. The summed E-state index contributed by atoms with van der Waals surface area (Å²) in [4.78, 5) is 5.16. The molecule has 2 nitrogen and oxygen atoms in total. The van der Waals surface area contributed by atoms with E-state index in [2.05, 4.69) is 127 Å². The number of fused-ring (bicyclic) bond motifs is 2. The minimum Gasteiger partial charge on any atom is -0.475 e. The molecular weight excluding hydrogens is 541 g/mol. The Morgan fingerprint density at radius 2 is 1.19 bits per heavy atom. The average molecular weight is 578 g/mol. The topological polar surface area (TPSA) is 21.6 Å². The highest BCUT2D eigenvalue weighted by atomic mass is 31.1. The van der Waals surface area contributed by atoms with E-state index in [9.17, 15) is 0 Å². The standard InChI is InChI=1S/C40H36NOP/c1-4-12-28(13-5-1)26-31-27-42-40(41-31)36-20-10-14-29-22-24-34(38(29)36)35-25-23-30-15-11-21-37(39(30)35)43(32-16-6-2-7-17-32)33-18-8-3-9-19-33/h1-21,31,34-35H,22-27H2/t31-,34?,35-/m0/s1. The molecule has 1 heterocycles. The molecule has 5 aromatic carbocycles. The second-order valence-corrected chi connectivity index (χ2v) is 14.3. The molecule has 3 atom stereocenters. The number of hydrogen-bond donors (Lipinski definition) is 0. The van der Waals surface area contributed by atoms with Gasteiger partial charge in [-0.25, -0.2) is 4.99 Å². The average Bonchev–Trinajstić information content (AvgIpc) is 3.82. The smallest absolute Gasteiger partial charge is 0.216 e. The van der Waals surface area contributed by atoms with E-state index in [4.69, 9.17) is 9.73 Å². The summed E-state index contributed by atoms with van der Waals surface area (Å²) in [5.74, 6) is 1.84. The van der Waals surface area contributed by atoms with Crippen LogP contribution in [0.3, 0.4) is 0 Å². The van der Waals surface area contributed by atoms with Crippen LogP contribution >= 0.6 is 7.92 Å². The van der Waals surface area contributed by atoms with Gasteiger partial charge in [-0.2, -0.15) is 0 Å². The zero-order valence-corrected chi connectivity index (χ0v) is 25.3. The predicted octanol–water partition coefficient (Wildman–Crippen LogP) is 7.59. The molecule has 1 aliphatic heterocycles. The summed E-state index contributed by atoms with van der Waals surface area (Å²) < 4.78 is 6.36. The van der Waals surface area contributed by atoms with Crippen LogP contribution in [-0.4, -0.2) is 18.5 Å². The maximum Gasteiger partial charge on any atom is 0.216 e. The molecule has 2 aliphatic carbocycles. The third-order valence-electron chi connectivity index (χ3n) is 9.57. The van der Waals surface area contributed by atoms with E-state index < -0.39 is 7.92 Å².